The van der Waals surface area contributed by atoms with E-state index in [1.165, 1.54) is 17.0 Å². The van der Waals surface area contributed by atoms with E-state index >= 15 is 0 Å². The third-order valence-corrected chi connectivity index (χ3v) is 7.94. The predicted molar refractivity (Wildman–Crippen MR) is 147 cm³/mol. The summed E-state index contributed by atoms with van der Waals surface area (Å²) in [4.78, 5) is 28.5. The number of benzene rings is 3. The van der Waals surface area contributed by atoms with Crippen molar-refractivity contribution < 1.29 is 18.0 Å². The third kappa shape index (κ3) is 6.77. The van der Waals surface area contributed by atoms with Gasteiger partial charge < -0.3 is 10.2 Å². The summed E-state index contributed by atoms with van der Waals surface area (Å²) in [5, 5.41) is 2.81. The Morgan fingerprint density at radius 1 is 0.892 bits per heavy atom. The van der Waals surface area contributed by atoms with Crippen molar-refractivity contribution in [2.24, 2.45) is 0 Å². The van der Waals surface area contributed by atoms with Crippen LogP contribution >= 0.6 is 0 Å². The Labute approximate surface area is 220 Å². The van der Waals surface area contributed by atoms with E-state index in [4.69, 9.17) is 0 Å². The maximum atomic E-state index is 13.9. The molecule has 0 aliphatic carbocycles. The van der Waals surface area contributed by atoms with Gasteiger partial charge in [0.05, 0.1) is 10.6 Å². The molecule has 196 valence electrons. The maximum Gasteiger partial charge on any atom is 0.264 e. The Morgan fingerprint density at radius 2 is 1.51 bits per heavy atom. The normalized spacial score (nSPS) is 12.0. The van der Waals surface area contributed by atoms with Crippen LogP contribution in [0.4, 0.5) is 5.69 Å². The van der Waals surface area contributed by atoms with Crippen LogP contribution in [0.1, 0.15) is 37.0 Å². The third-order valence-electron chi connectivity index (χ3n) is 6.16. The zero-order chi connectivity index (χ0) is 27.0. The van der Waals surface area contributed by atoms with Gasteiger partial charge in [0.15, 0.2) is 0 Å². The highest BCUT2D eigenvalue weighted by atomic mass is 32.2. The molecule has 0 spiro atoms. The lowest BCUT2D eigenvalue weighted by Gasteiger charge is -2.33. The molecule has 37 heavy (non-hydrogen) atoms. The van der Waals surface area contributed by atoms with Gasteiger partial charge >= 0.3 is 0 Å². The fourth-order valence-corrected chi connectivity index (χ4v) is 5.81. The standard InChI is InChI=1S/C29H35N3O4S/c1-5-26(29(34)30-6-2)31(20-24-13-9-7-10-14-24)28(33)21-32(27-18-17-22(3)19-23(27)4)37(35,36)25-15-11-8-12-16-25/h7-19,26H,5-6,20-21H2,1-4H3,(H,30,34)/t26-/m1/s1. The molecule has 8 heteroatoms. The summed E-state index contributed by atoms with van der Waals surface area (Å²) in [6, 6.07) is 22.1. The fourth-order valence-electron chi connectivity index (χ4n) is 4.31. The second-order valence-corrected chi connectivity index (χ2v) is 10.8. The van der Waals surface area contributed by atoms with Gasteiger partial charge in [-0.25, -0.2) is 8.42 Å². The highest BCUT2D eigenvalue weighted by Crippen LogP contribution is 2.28. The summed E-state index contributed by atoms with van der Waals surface area (Å²) in [5.41, 5.74) is 2.99. The van der Waals surface area contributed by atoms with Crippen molar-refractivity contribution >= 4 is 27.5 Å². The van der Waals surface area contributed by atoms with Crippen LogP contribution in [0, 0.1) is 13.8 Å². The number of nitrogens with zero attached hydrogens (tertiary/aromatic N) is 2. The van der Waals surface area contributed by atoms with Crippen molar-refractivity contribution in [2.45, 2.75) is 51.6 Å². The van der Waals surface area contributed by atoms with E-state index in [9.17, 15) is 18.0 Å². The number of aryl methyl sites for hydroxylation is 2. The lowest BCUT2D eigenvalue weighted by Crippen LogP contribution is -2.52. The molecule has 2 amide bonds. The zero-order valence-electron chi connectivity index (χ0n) is 21.8. The van der Waals surface area contributed by atoms with Crippen LogP contribution in [0.3, 0.4) is 0 Å². The molecule has 0 bridgehead atoms. The smallest absolute Gasteiger partial charge is 0.264 e. The van der Waals surface area contributed by atoms with Gasteiger partial charge in [-0.15, -0.1) is 0 Å². The topological polar surface area (TPSA) is 86.8 Å². The minimum atomic E-state index is -4.07. The summed E-state index contributed by atoms with van der Waals surface area (Å²) in [5.74, 6) is -0.722. The van der Waals surface area contributed by atoms with Crippen molar-refractivity contribution in [3.8, 4) is 0 Å². The number of anilines is 1. The lowest BCUT2D eigenvalue weighted by molar-refractivity contribution is -0.140. The van der Waals surface area contributed by atoms with Crippen molar-refractivity contribution in [1.29, 1.82) is 0 Å². The number of amides is 2. The molecular formula is C29H35N3O4S. The van der Waals surface area contributed by atoms with Gasteiger partial charge in [0.2, 0.25) is 11.8 Å². The van der Waals surface area contributed by atoms with Crippen LogP contribution in [-0.2, 0) is 26.2 Å². The second-order valence-electron chi connectivity index (χ2n) is 8.94. The Balaban J connectivity index is 2.07. The van der Waals surface area contributed by atoms with Crippen LogP contribution in [0.5, 0.6) is 0 Å². The Bertz CT molecular complexity index is 1310. The summed E-state index contributed by atoms with van der Waals surface area (Å²) < 4.78 is 28.8. The molecule has 0 aromatic heterocycles. The largest absolute Gasteiger partial charge is 0.355 e. The van der Waals surface area contributed by atoms with Crippen molar-refractivity contribution in [3.05, 3.63) is 95.6 Å². The Hall–Kier alpha value is -3.65. The monoisotopic (exact) mass is 521 g/mol. The quantitative estimate of drug-likeness (QED) is 0.404. The van der Waals surface area contributed by atoms with Crippen LogP contribution in [0.15, 0.2) is 83.8 Å². The van der Waals surface area contributed by atoms with Gasteiger partial charge in [-0.1, -0.05) is 73.2 Å². The molecule has 7 nitrogen and oxygen atoms in total. The van der Waals surface area contributed by atoms with Crippen LogP contribution in [0.25, 0.3) is 0 Å². The highest BCUT2D eigenvalue weighted by Gasteiger charge is 2.34. The van der Waals surface area contributed by atoms with E-state index in [-0.39, 0.29) is 17.3 Å². The summed E-state index contributed by atoms with van der Waals surface area (Å²) in [6.07, 6.45) is 0.388. The molecule has 0 radical (unpaired) electrons. The molecule has 0 aliphatic rings. The first-order valence-corrected chi connectivity index (χ1v) is 13.9. The van der Waals surface area contributed by atoms with Gasteiger partial charge in [0, 0.05) is 13.1 Å². The minimum absolute atomic E-state index is 0.0909. The van der Waals surface area contributed by atoms with E-state index in [1.54, 1.807) is 24.3 Å². The lowest BCUT2D eigenvalue weighted by atomic mass is 10.1. The Morgan fingerprint density at radius 3 is 2.08 bits per heavy atom. The van der Waals surface area contributed by atoms with Crippen LogP contribution in [0.2, 0.25) is 0 Å². The molecule has 3 aromatic rings. The van der Waals surface area contributed by atoms with Crippen molar-refractivity contribution in [2.75, 3.05) is 17.4 Å². The summed E-state index contributed by atoms with van der Waals surface area (Å²) >= 11 is 0. The molecule has 0 aliphatic heterocycles. The van der Waals surface area contributed by atoms with E-state index in [0.29, 0.717) is 18.7 Å². The number of carbonyl (C=O) groups excluding carboxylic acids is 2. The van der Waals surface area contributed by atoms with Gasteiger partial charge in [0.1, 0.15) is 12.6 Å². The molecule has 0 saturated heterocycles. The molecule has 3 aromatic carbocycles. The average molecular weight is 522 g/mol. The molecule has 0 saturated carbocycles. The summed E-state index contributed by atoms with van der Waals surface area (Å²) in [6.45, 7) is 7.59. The van der Waals surface area contributed by atoms with Gasteiger partial charge in [0.25, 0.3) is 10.0 Å². The van der Waals surface area contributed by atoms with Gasteiger partial charge in [-0.2, -0.15) is 0 Å². The Kier molecular flexibility index (Phi) is 9.47. The molecule has 3 rings (SSSR count). The number of hydrogen-bond acceptors (Lipinski definition) is 4. The first-order valence-electron chi connectivity index (χ1n) is 12.4. The number of carbonyl (C=O) groups is 2. The molecule has 0 heterocycles. The number of hydrogen-bond donors (Lipinski definition) is 1. The van der Waals surface area contributed by atoms with E-state index < -0.39 is 28.5 Å². The number of rotatable bonds is 11. The molecule has 0 unspecified atom stereocenters. The van der Waals surface area contributed by atoms with Gasteiger partial charge in [-0.05, 0) is 56.5 Å². The predicted octanol–water partition coefficient (Wildman–Crippen LogP) is 4.44. The first-order chi connectivity index (χ1) is 17.7. The highest BCUT2D eigenvalue weighted by molar-refractivity contribution is 7.92. The SMILES string of the molecule is CCNC(=O)[C@@H](CC)N(Cc1ccccc1)C(=O)CN(c1ccc(C)cc1C)S(=O)(=O)c1ccccc1. The number of likely N-dealkylation sites (N-methyl/N-ethyl adjacent to an activating group) is 1. The molecular weight excluding hydrogens is 486 g/mol. The molecule has 0 fully saturated rings. The van der Waals surface area contributed by atoms with Crippen LogP contribution in [-0.4, -0.2) is 44.3 Å². The summed E-state index contributed by atoms with van der Waals surface area (Å²) in [7, 11) is -4.07. The second kappa shape index (κ2) is 12.5. The first kappa shape index (κ1) is 27.9. The fraction of sp³-hybridized carbons (Fsp3) is 0.310. The van der Waals surface area contributed by atoms with E-state index in [2.05, 4.69) is 5.32 Å². The van der Waals surface area contributed by atoms with E-state index in [1.807, 2.05) is 70.2 Å². The minimum Gasteiger partial charge on any atom is -0.355 e. The number of sulfonamides is 1. The van der Waals surface area contributed by atoms with Gasteiger partial charge in [-0.3, -0.25) is 13.9 Å². The van der Waals surface area contributed by atoms with Crippen molar-refractivity contribution in [3.63, 3.8) is 0 Å². The molecule has 1 N–H and O–H groups in total. The molecule has 1 atom stereocenters. The average Bonchev–Trinajstić information content (AvgIpc) is 2.88. The zero-order valence-corrected chi connectivity index (χ0v) is 22.7. The van der Waals surface area contributed by atoms with E-state index in [0.717, 1.165) is 21.0 Å². The number of nitrogens with one attached hydrogen (secondary N) is 1. The maximum absolute atomic E-state index is 13.9. The van der Waals surface area contributed by atoms with Crippen molar-refractivity contribution in [1.82, 2.24) is 10.2 Å². The van der Waals surface area contributed by atoms with Crippen LogP contribution < -0.4 is 9.62 Å².